The van der Waals surface area contributed by atoms with Crippen molar-refractivity contribution in [3.8, 4) is 5.75 Å². The lowest BCUT2D eigenvalue weighted by Crippen LogP contribution is -2.35. The third-order valence-electron chi connectivity index (χ3n) is 5.76. The van der Waals surface area contributed by atoms with Crippen molar-refractivity contribution in [1.29, 1.82) is 0 Å². The molecule has 9 heteroatoms. The van der Waals surface area contributed by atoms with E-state index < -0.39 is 16.0 Å². The number of rotatable bonds is 8. The Balaban J connectivity index is 1.73. The number of nitrogens with zero attached hydrogens (tertiary/aromatic N) is 1. The molecule has 0 unspecified atom stereocenters. The summed E-state index contributed by atoms with van der Waals surface area (Å²) in [6.45, 7) is 2.88. The number of nitrogens with one attached hydrogen (secondary N) is 1. The summed E-state index contributed by atoms with van der Waals surface area (Å²) in [4.78, 5) is 24.6. The van der Waals surface area contributed by atoms with Gasteiger partial charge < -0.3 is 14.8 Å². The molecule has 0 bridgehead atoms. The maximum absolute atomic E-state index is 13.0. The number of carbonyl (C=O) groups excluding carboxylic acids is 2. The molecule has 0 saturated carbocycles. The molecule has 1 heterocycles. The average molecular weight is 475 g/mol. The largest absolute Gasteiger partial charge is 0.496 e. The van der Waals surface area contributed by atoms with E-state index in [1.54, 1.807) is 36.4 Å². The second-order valence-electron chi connectivity index (χ2n) is 8.01. The highest BCUT2D eigenvalue weighted by Crippen LogP contribution is 2.27. The van der Waals surface area contributed by atoms with Crippen LogP contribution < -0.4 is 10.1 Å². The lowest BCUT2D eigenvalue weighted by Gasteiger charge is -2.26. The van der Waals surface area contributed by atoms with Crippen molar-refractivity contribution in [2.45, 2.75) is 43.9 Å². The number of sulfonamides is 1. The molecule has 8 nitrogen and oxygen atoms in total. The smallest absolute Gasteiger partial charge is 0.337 e. The summed E-state index contributed by atoms with van der Waals surface area (Å²) in [6.07, 6.45) is 3.18. The number of piperidine rings is 1. The second-order valence-corrected chi connectivity index (χ2v) is 9.95. The molecular weight excluding hydrogens is 444 g/mol. The molecule has 2 aromatic rings. The van der Waals surface area contributed by atoms with E-state index in [1.807, 2.05) is 6.92 Å². The van der Waals surface area contributed by atoms with Gasteiger partial charge in [-0.1, -0.05) is 12.5 Å². The second kappa shape index (κ2) is 10.8. The highest BCUT2D eigenvalue weighted by molar-refractivity contribution is 7.89. The Morgan fingerprint density at radius 1 is 1.03 bits per heavy atom. The van der Waals surface area contributed by atoms with E-state index in [2.05, 4.69) is 5.32 Å². The predicted molar refractivity (Wildman–Crippen MR) is 125 cm³/mol. The first-order valence-electron chi connectivity index (χ1n) is 10.9. The van der Waals surface area contributed by atoms with Crippen LogP contribution in [0, 0.1) is 6.92 Å². The van der Waals surface area contributed by atoms with Gasteiger partial charge in [-0.15, -0.1) is 0 Å². The Labute approximate surface area is 194 Å². The monoisotopic (exact) mass is 474 g/mol. The van der Waals surface area contributed by atoms with Crippen molar-refractivity contribution in [3.63, 3.8) is 0 Å². The number of hydrogen-bond acceptors (Lipinski definition) is 6. The summed E-state index contributed by atoms with van der Waals surface area (Å²) in [7, 11) is -0.772. The highest BCUT2D eigenvalue weighted by Gasteiger charge is 2.26. The Morgan fingerprint density at radius 2 is 1.76 bits per heavy atom. The van der Waals surface area contributed by atoms with Crippen LogP contribution >= 0.6 is 0 Å². The van der Waals surface area contributed by atoms with Crippen LogP contribution in [0.3, 0.4) is 0 Å². The summed E-state index contributed by atoms with van der Waals surface area (Å²) >= 11 is 0. The quantitative estimate of drug-likeness (QED) is 0.587. The van der Waals surface area contributed by atoms with Gasteiger partial charge in [0.05, 0.1) is 24.7 Å². The summed E-state index contributed by atoms with van der Waals surface area (Å²) in [5.74, 6) is -0.210. The lowest BCUT2D eigenvalue weighted by atomic mass is 10.1. The van der Waals surface area contributed by atoms with E-state index in [1.165, 1.54) is 18.5 Å². The minimum Gasteiger partial charge on any atom is -0.496 e. The number of ether oxygens (including phenoxy) is 2. The summed E-state index contributed by atoms with van der Waals surface area (Å²) in [6, 6.07) is 9.72. The minimum atomic E-state index is -3.58. The molecule has 0 aliphatic carbocycles. The molecule has 0 spiro atoms. The number of carbonyl (C=O) groups is 2. The van der Waals surface area contributed by atoms with Crippen LogP contribution in [0.4, 0.5) is 5.69 Å². The van der Waals surface area contributed by atoms with E-state index in [4.69, 9.17) is 9.47 Å². The van der Waals surface area contributed by atoms with Crippen LogP contribution in [0.5, 0.6) is 5.75 Å². The highest BCUT2D eigenvalue weighted by atomic mass is 32.2. The number of hydrogen-bond donors (Lipinski definition) is 1. The van der Waals surface area contributed by atoms with Gasteiger partial charge in [0.2, 0.25) is 15.9 Å². The summed E-state index contributed by atoms with van der Waals surface area (Å²) in [5.41, 5.74) is 2.32. The molecule has 1 N–H and O–H groups in total. The summed E-state index contributed by atoms with van der Waals surface area (Å²) < 4.78 is 37.7. The van der Waals surface area contributed by atoms with Crippen molar-refractivity contribution in [2.24, 2.45) is 0 Å². The number of aryl methyl sites for hydroxylation is 2. The maximum atomic E-state index is 13.0. The molecule has 1 aliphatic heterocycles. The van der Waals surface area contributed by atoms with E-state index in [0.29, 0.717) is 42.1 Å². The molecule has 3 rings (SSSR count). The molecule has 0 radical (unpaired) electrons. The van der Waals surface area contributed by atoms with Crippen molar-refractivity contribution in [2.75, 3.05) is 32.6 Å². The average Bonchev–Trinajstić information content (AvgIpc) is 2.83. The molecule has 178 valence electrons. The SMILES string of the molecule is COC(=O)c1ccc(C)c(NC(=O)CCc2cc(S(=O)(=O)N3CCCCC3)ccc2OC)c1. The van der Waals surface area contributed by atoms with Gasteiger partial charge in [0, 0.05) is 25.2 Å². The van der Waals surface area contributed by atoms with Crippen LogP contribution in [0.2, 0.25) is 0 Å². The predicted octanol–water partition coefficient (Wildman–Crippen LogP) is 3.54. The molecular formula is C24H30N2O6S. The Morgan fingerprint density at radius 3 is 2.42 bits per heavy atom. The van der Waals surface area contributed by atoms with E-state index in [0.717, 1.165) is 24.8 Å². The molecule has 0 aromatic heterocycles. The van der Waals surface area contributed by atoms with E-state index in [-0.39, 0.29) is 17.2 Å². The van der Waals surface area contributed by atoms with Crippen molar-refractivity contribution in [3.05, 3.63) is 53.1 Å². The van der Waals surface area contributed by atoms with Crippen LogP contribution in [0.1, 0.15) is 47.2 Å². The first-order valence-corrected chi connectivity index (χ1v) is 12.4. The zero-order valence-corrected chi connectivity index (χ0v) is 20.0. The van der Waals surface area contributed by atoms with Crippen LogP contribution in [-0.2, 0) is 26.0 Å². The zero-order valence-electron chi connectivity index (χ0n) is 19.2. The zero-order chi connectivity index (χ0) is 24.0. The standard InChI is InChI=1S/C24H30N2O6S/c1-17-7-8-19(24(28)32-3)16-21(17)25-23(27)12-9-18-15-20(10-11-22(18)31-2)33(29,30)26-13-5-4-6-14-26/h7-8,10-11,15-16H,4-6,9,12-14H2,1-3H3,(H,25,27). The Kier molecular flexibility index (Phi) is 8.10. The lowest BCUT2D eigenvalue weighted by molar-refractivity contribution is -0.116. The molecule has 1 saturated heterocycles. The number of methoxy groups -OCH3 is 2. The number of benzene rings is 2. The Hall–Kier alpha value is -2.91. The van der Waals surface area contributed by atoms with Crippen LogP contribution in [0.15, 0.2) is 41.3 Å². The normalized spacial score (nSPS) is 14.5. The minimum absolute atomic E-state index is 0.117. The third kappa shape index (κ3) is 5.91. The third-order valence-corrected chi connectivity index (χ3v) is 7.65. The number of anilines is 1. The van der Waals surface area contributed by atoms with Crippen molar-refractivity contribution >= 4 is 27.6 Å². The number of esters is 1. The first-order chi connectivity index (χ1) is 15.8. The van der Waals surface area contributed by atoms with E-state index in [9.17, 15) is 18.0 Å². The van der Waals surface area contributed by atoms with Crippen molar-refractivity contribution in [1.82, 2.24) is 4.31 Å². The fraction of sp³-hybridized carbons (Fsp3) is 0.417. The maximum Gasteiger partial charge on any atom is 0.337 e. The molecule has 1 amide bonds. The molecule has 1 aliphatic rings. The van der Waals surface area contributed by atoms with Crippen LogP contribution in [0.25, 0.3) is 0 Å². The van der Waals surface area contributed by atoms with E-state index >= 15 is 0 Å². The van der Waals surface area contributed by atoms with Crippen LogP contribution in [-0.4, -0.2) is 51.9 Å². The van der Waals surface area contributed by atoms with Gasteiger partial charge >= 0.3 is 5.97 Å². The molecule has 2 aromatic carbocycles. The van der Waals surface area contributed by atoms with Crippen molar-refractivity contribution < 1.29 is 27.5 Å². The van der Waals surface area contributed by atoms with Gasteiger partial charge in [0.15, 0.2) is 0 Å². The van der Waals surface area contributed by atoms with Gasteiger partial charge in [0.25, 0.3) is 0 Å². The molecule has 33 heavy (non-hydrogen) atoms. The van der Waals surface area contributed by atoms with Gasteiger partial charge in [0.1, 0.15) is 5.75 Å². The first kappa shape index (κ1) is 24.7. The number of amides is 1. The van der Waals surface area contributed by atoms with Gasteiger partial charge in [-0.2, -0.15) is 4.31 Å². The fourth-order valence-corrected chi connectivity index (χ4v) is 5.40. The molecule has 0 atom stereocenters. The summed E-state index contributed by atoms with van der Waals surface area (Å²) in [5, 5.41) is 2.82. The van der Waals surface area contributed by atoms with Gasteiger partial charge in [-0.3, -0.25) is 4.79 Å². The fourth-order valence-electron chi connectivity index (χ4n) is 3.83. The van der Waals surface area contributed by atoms with Gasteiger partial charge in [-0.25, -0.2) is 13.2 Å². The topological polar surface area (TPSA) is 102 Å². The Bertz CT molecular complexity index is 1120. The van der Waals surface area contributed by atoms with Gasteiger partial charge in [-0.05, 0) is 67.6 Å². The molecule has 1 fully saturated rings.